The van der Waals surface area contributed by atoms with Crippen LogP contribution >= 0.6 is 0 Å². The minimum Gasteiger partial charge on any atom is -0.256 e. The van der Waals surface area contributed by atoms with Crippen LogP contribution in [0, 0.1) is 13.8 Å². The quantitative estimate of drug-likeness (QED) is 0.400. The van der Waals surface area contributed by atoms with Crippen LogP contribution in [0.15, 0.2) is 79.5 Å². The average molecular weight is 335 g/mol. The van der Waals surface area contributed by atoms with E-state index >= 15 is 0 Å². The first-order valence-electron chi connectivity index (χ1n) is 8.85. The zero-order valence-corrected chi connectivity index (χ0v) is 15.2. The molecule has 4 rings (SSSR count). The van der Waals surface area contributed by atoms with Crippen molar-refractivity contribution in [1.82, 2.24) is 4.98 Å². The van der Waals surface area contributed by atoms with Gasteiger partial charge in [0.15, 0.2) is 0 Å². The van der Waals surface area contributed by atoms with E-state index < -0.39 is 0 Å². The molecule has 0 unspecified atom stereocenters. The van der Waals surface area contributed by atoms with Gasteiger partial charge in [0, 0.05) is 17.1 Å². The molecule has 4 aromatic rings. The molecule has 0 amide bonds. The van der Waals surface area contributed by atoms with E-state index in [9.17, 15) is 0 Å². The average Bonchev–Trinajstić information content (AvgIpc) is 2.68. The summed E-state index contributed by atoms with van der Waals surface area (Å²) in [4.78, 5) is 4.72. The first-order chi connectivity index (χ1) is 12.7. The van der Waals surface area contributed by atoms with Crippen LogP contribution in [0.5, 0.6) is 0 Å². The highest BCUT2D eigenvalue weighted by atomic mass is 14.7. The standard InChI is InChI=1S/C25H21N/c1-4-19-10-11-24-23(18(19)3)12-13-26-25(24)22-15-17(2)14-21(16-22)20-8-6-5-7-9-20/h4-16H,1H2,2-3H3. The molecule has 0 aliphatic carbocycles. The highest BCUT2D eigenvalue weighted by molar-refractivity contribution is 5.98. The van der Waals surface area contributed by atoms with E-state index in [0.29, 0.717) is 0 Å². The van der Waals surface area contributed by atoms with Crippen molar-refractivity contribution in [2.75, 3.05) is 0 Å². The van der Waals surface area contributed by atoms with Crippen molar-refractivity contribution in [3.05, 3.63) is 96.2 Å². The maximum Gasteiger partial charge on any atom is 0.0780 e. The van der Waals surface area contributed by atoms with Gasteiger partial charge in [-0.2, -0.15) is 0 Å². The Morgan fingerprint density at radius 2 is 1.54 bits per heavy atom. The topological polar surface area (TPSA) is 12.9 Å². The molecule has 0 atom stereocenters. The van der Waals surface area contributed by atoms with Crippen LogP contribution in [0.2, 0.25) is 0 Å². The van der Waals surface area contributed by atoms with Crippen LogP contribution in [-0.4, -0.2) is 4.98 Å². The summed E-state index contributed by atoms with van der Waals surface area (Å²) in [5, 5.41) is 2.41. The molecule has 0 saturated heterocycles. The van der Waals surface area contributed by atoms with Crippen LogP contribution in [-0.2, 0) is 0 Å². The number of benzene rings is 3. The highest BCUT2D eigenvalue weighted by Gasteiger charge is 2.10. The normalized spacial score (nSPS) is 10.8. The first kappa shape index (κ1) is 16.3. The number of rotatable bonds is 3. The van der Waals surface area contributed by atoms with Gasteiger partial charge in [-0.1, -0.05) is 61.2 Å². The van der Waals surface area contributed by atoms with E-state index in [-0.39, 0.29) is 0 Å². The van der Waals surface area contributed by atoms with Gasteiger partial charge in [0.2, 0.25) is 0 Å². The second-order valence-corrected chi connectivity index (χ2v) is 6.69. The van der Waals surface area contributed by atoms with E-state index in [1.807, 2.05) is 18.3 Å². The fourth-order valence-electron chi connectivity index (χ4n) is 3.59. The van der Waals surface area contributed by atoms with Gasteiger partial charge in [0.1, 0.15) is 0 Å². The number of hydrogen-bond acceptors (Lipinski definition) is 1. The van der Waals surface area contributed by atoms with Crippen molar-refractivity contribution >= 4 is 16.8 Å². The fourth-order valence-corrected chi connectivity index (χ4v) is 3.59. The third kappa shape index (κ3) is 2.82. The molecule has 0 aliphatic rings. The zero-order chi connectivity index (χ0) is 18.1. The summed E-state index contributed by atoms with van der Waals surface area (Å²) < 4.78 is 0. The number of aryl methyl sites for hydroxylation is 2. The van der Waals surface area contributed by atoms with Crippen LogP contribution < -0.4 is 0 Å². The Labute approximate surface area is 154 Å². The second-order valence-electron chi connectivity index (χ2n) is 6.69. The van der Waals surface area contributed by atoms with Crippen molar-refractivity contribution in [2.45, 2.75) is 13.8 Å². The smallest absolute Gasteiger partial charge is 0.0780 e. The molecular formula is C25H21N. The van der Waals surface area contributed by atoms with Gasteiger partial charge >= 0.3 is 0 Å². The number of hydrogen-bond donors (Lipinski definition) is 0. The van der Waals surface area contributed by atoms with Gasteiger partial charge in [-0.15, -0.1) is 0 Å². The first-order valence-corrected chi connectivity index (χ1v) is 8.85. The van der Waals surface area contributed by atoms with Gasteiger partial charge < -0.3 is 0 Å². The molecule has 0 spiro atoms. The van der Waals surface area contributed by atoms with Gasteiger partial charge in [0.05, 0.1) is 5.69 Å². The predicted octanol–water partition coefficient (Wildman–Crippen LogP) is 6.83. The van der Waals surface area contributed by atoms with Crippen LogP contribution in [0.4, 0.5) is 0 Å². The molecule has 1 nitrogen and oxygen atoms in total. The lowest BCUT2D eigenvalue weighted by molar-refractivity contribution is 1.34. The fraction of sp³-hybridized carbons (Fsp3) is 0.0800. The van der Waals surface area contributed by atoms with Crippen molar-refractivity contribution in [3.63, 3.8) is 0 Å². The molecular weight excluding hydrogens is 314 g/mol. The molecule has 0 N–H and O–H groups in total. The minimum absolute atomic E-state index is 1.03. The summed E-state index contributed by atoms with van der Waals surface area (Å²) in [6, 6.07) is 23.6. The Morgan fingerprint density at radius 1 is 0.769 bits per heavy atom. The number of nitrogens with zero attached hydrogens (tertiary/aromatic N) is 1. The SMILES string of the molecule is C=Cc1ccc2c(-c3cc(C)cc(-c4ccccc4)c3)nccc2c1C. The summed E-state index contributed by atoms with van der Waals surface area (Å²) >= 11 is 0. The summed E-state index contributed by atoms with van der Waals surface area (Å²) in [5.41, 5.74) is 8.28. The number of pyridine rings is 1. The summed E-state index contributed by atoms with van der Waals surface area (Å²) in [7, 11) is 0. The van der Waals surface area contributed by atoms with Gasteiger partial charge in [0.25, 0.3) is 0 Å². The maximum atomic E-state index is 4.72. The third-order valence-electron chi connectivity index (χ3n) is 4.93. The molecule has 1 heteroatoms. The predicted molar refractivity (Wildman–Crippen MR) is 112 cm³/mol. The third-order valence-corrected chi connectivity index (χ3v) is 4.93. The number of fused-ring (bicyclic) bond motifs is 1. The van der Waals surface area contributed by atoms with E-state index in [0.717, 1.165) is 11.3 Å². The Bertz CT molecular complexity index is 1110. The Kier molecular flexibility index (Phi) is 4.14. The molecule has 3 aromatic carbocycles. The zero-order valence-electron chi connectivity index (χ0n) is 15.2. The Hall–Kier alpha value is -3.19. The van der Waals surface area contributed by atoms with Gasteiger partial charge in [-0.3, -0.25) is 4.98 Å². The van der Waals surface area contributed by atoms with E-state index in [1.54, 1.807) is 0 Å². The molecule has 0 aliphatic heterocycles. The molecule has 26 heavy (non-hydrogen) atoms. The molecule has 1 aromatic heterocycles. The van der Waals surface area contributed by atoms with Crippen molar-refractivity contribution in [3.8, 4) is 22.4 Å². The molecule has 0 radical (unpaired) electrons. The van der Waals surface area contributed by atoms with Crippen LogP contribution in [0.25, 0.3) is 39.2 Å². The monoisotopic (exact) mass is 335 g/mol. The highest BCUT2D eigenvalue weighted by Crippen LogP contribution is 2.33. The van der Waals surface area contributed by atoms with Crippen molar-refractivity contribution < 1.29 is 0 Å². The molecule has 0 fully saturated rings. The lowest BCUT2D eigenvalue weighted by Gasteiger charge is -2.12. The molecule has 1 heterocycles. The Morgan fingerprint density at radius 3 is 2.31 bits per heavy atom. The van der Waals surface area contributed by atoms with Crippen LogP contribution in [0.1, 0.15) is 16.7 Å². The summed E-state index contributed by atoms with van der Waals surface area (Å²) in [6.07, 6.45) is 3.82. The largest absolute Gasteiger partial charge is 0.256 e. The van der Waals surface area contributed by atoms with E-state index in [4.69, 9.17) is 4.98 Å². The van der Waals surface area contributed by atoms with Crippen molar-refractivity contribution in [1.29, 1.82) is 0 Å². The maximum absolute atomic E-state index is 4.72. The van der Waals surface area contributed by atoms with Gasteiger partial charge in [-0.05, 0) is 65.3 Å². The number of aromatic nitrogens is 1. The van der Waals surface area contributed by atoms with Crippen molar-refractivity contribution in [2.24, 2.45) is 0 Å². The Balaban J connectivity index is 1.95. The van der Waals surface area contributed by atoms with Crippen LogP contribution in [0.3, 0.4) is 0 Å². The van der Waals surface area contributed by atoms with Gasteiger partial charge in [-0.25, -0.2) is 0 Å². The summed E-state index contributed by atoms with van der Waals surface area (Å²) in [6.45, 7) is 8.21. The van der Waals surface area contributed by atoms with E-state index in [1.165, 1.54) is 38.6 Å². The second kappa shape index (κ2) is 6.61. The minimum atomic E-state index is 1.03. The molecule has 0 bridgehead atoms. The lowest BCUT2D eigenvalue weighted by Crippen LogP contribution is -1.91. The lowest BCUT2D eigenvalue weighted by atomic mass is 9.94. The summed E-state index contributed by atoms with van der Waals surface area (Å²) in [5.74, 6) is 0. The van der Waals surface area contributed by atoms with E-state index in [2.05, 4.69) is 81.1 Å². The molecule has 126 valence electrons. The molecule has 0 saturated carbocycles.